The van der Waals surface area contributed by atoms with Crippen LogP contribution >= 0.6 is 35.3 Å². The zero-order valence-electron chi connectivity index (χ0n) is 15.3. The molecule has 1 aliphatic heterocycles. The summed E-state index contributed by atoms with van der Waals surface area (Å²) < 4.78 is 11.7. The van der Waals surface area contributed by atoms with Crippen LogP contribution in [0.4, 0.5) is 5.13 Å². The van der Waals surface area contributed by atoms with E-state index in [4.69, 9.17) is 21.1 Å². The Balaban J connectivity index is 0.00000261. The first-order valence-corrected chi connectivity index (χ1v) is 9.87. The minimum absolute atomic E-state index is 0. The van der Waals surface area contributed by atoms with Gasteiger partial charge in [-0.1, -0.05) is 42.9 Å². The highest BCUT2D eigenvalue weighted by Gasteiger charge is 2.26. The Labute approximate surface area is 174 Å². The fourth-order valence-corrected chi connectivity index (χ4v) is 3.99. The molecule has 0 N–H and O–H groups in total. The number of rotatable bonds is 7. The van der Waals surface area contributed by atoms with E-state index in [1.165, 1.54) is 17.6 Å². The zero-order valence-corrected chi connectivity index (χ0v) is 17.7. The quantitative estimate of drug-likeness (QED) is 0.664. The number of aromatic nitrogens is 1. The third-order valence-corrected chi connectivity index (χ3v) is 5.58. The minimum Gasteiger partial charge on any atom is -0.494 e. The normalized spacial score (nSPS) is 13.6. The summed E-state index contributed by atoms with van der Waals surface area (Å²) in [6, 6.07) is 5.64. The number of nitrogens with zero attached hydrogens (tertiary/aromatic N) is 3. The number of hydrogen-bond acceptors (Lipinski definition) is 6. The SMILES string of the molecule is CCN(CC)CCN(C(=O)C1=COCCO1)c1nc2c(Cl)cccc2s1.Cl. The molecule has 0 atom stereocenters. The summed E-state index contributed by atoms with van der Waals surface area (Å²) in [7, 11) is 0. The van der Waals surface area contributed by atoms with Crippen molar-refractivity contribution in [3.63, 3.8) is 0 Å². The Morgan fingerprint density at radius 1 is 1.26 bits per heavy atom. The molecule has 0 bridgehead atoms. The zero-order chi connectivity index (χ0) is 18.5. The third kappa shape index (κ3) is 5.04. The molecule has 0 unspecified atom stereocenters. The van der Waals surface area contributed by atoms with Gasteiger partial charge in [0.05, 0.1) is 9.72 Å². The van der Waals surface area contributed by atoms with Gasteiger partial charge in [0.25, 0.3) is 5.91 Å². The minimum atomic E-state index is -0.243. The molecular weight excluding hydrogens is 409 g/mol. The van der Waals surface area contributed by atoms with Gasteiger partial charge in [-0.3, -0.25) is 9.69 Å². The molecule has 3 rings (SSSR count). The molecule has 0 radical (unpaired) electrons. The Morgan fingerprint density at radius 2 is 2.04 bits per heavy atom. The number of anilines is 1. The summed E-state index contributed by atoms with van der Waals surface area (Å²) in [5.41, 5.74) is 0.713. The van der Waals surface area contributed by atoms with Gasteiger partial charge in [0.2, 0.25) is 5.76 Å². The van der Waals surface area contributed by atoms with Gasteiger partial charge in [0.1, 0.15) is 25.0 Å². The van der Waals surface area contributed by atoms with Gasteiger partial charge in [-0.25, -0.2) is 4.98 Å². The molecule has 9 heteroatoms. The molecule has 2 heterocycles. The first-order valence-electron chi connectivity index (χ1n) is 8.67. The van der Waals surface area contributed by atoms with Gasteiger partial charge in [-0.2, -0.15) is 0 Å². The van der Waals surface area contributed by atoms with Crippen molar-refractivity contribution in [2.24, 2.45) is 0 Å². The number of para-hydroxylation sites is 1. The number of benzene rings is 1. The lowest BCUT2D eigenvalue weighted by Crippen LogP contribution is -2.40. The molecule has 0 aliphatic carbocycles. The summed E-state index contributed by atoms with van der Waals surface area (Å²) in [6.07, 6.45) is 1.39. The third-order valence-electron chi connectivity index (χ3n) is 4.23. The van der Waals surface area contributed by atoms with E-state index < -0.39 is 0 Å². The topological polar surface area (TPSA) is 54.9 Å². The van der Waals surface area contributed by atoms with Crippen molar-refractivity contribution in [1.82, 2.24) is 9.88 Å². The first kappa shape index (κ1) is 21.8. The first-order chi connectivity index (χ1) is 12.6. The number of amides is 1. The molecule has 27 heavy (non-hydrogen) atoms. The van der Waals surface area contributed by atoms with Crippen molar-refractivity contribution in [3.05, 3.63) is 35.2 Å². The van der Waals surface area contributed by atoms with Crippen LogP contribution in [0.5, 0.6) is 0 Å². The predicted molar refractivity (Wildman–Crippen MR) is 112 cm³/mol. The van der Waals surface area contributed by atoms with Crippen molar-refractivity contribution < 1.29 is 14.3 Å². The summed E-state index contributed by atoms with van der Waals surface area (Å²) >= 11 is 7.70. The van der Waals surface area contributed by atoms with E-state index in [2.05, 4.69) is 23.7 Å². The predicted octanol–water partition coefficient (Wildman–Crippen LogP) is 3.93. The fraction of sp³-hybridized carbons (Fsp3) is 0.444. The van der Waals surface area contributed by atoms with E-state index in [0.29, 0.717) is 35.4 Å². The Morgan fingerprint density at radius 3 is 2.67 bits per heavy atom. The number of likely N-dealkylation sites (N-methyl/N-ethyl adjacent to an activating group) is 1. The summed E-state index contributed by atoms with van der Waals surface area (Å²) in [5, 5.41) is 1.19. The van der Waals surface area contributed by atoms with Crippen molar-refractivity contribution in [3.8, 4) is 0 Å². The molecule has 1 aliphatic rings. The molecule has 0 saturated carbocycles. The molecule has 0 spiro atoms. The highest BCUT2D eigenvalue weighted by atomic mass is 35.5. The number of carbonyl (C=O) groups is 1. The van der Waals surface area contributed by atoms with Crippen LogP contribution in [0.3, 0.4) is 0 Å². The van der Waals surface area contributed by atoms with Crippen molar-refractivity contribution >= 4 is 56.6 Å². The highest BCUT2D eigenvalue weighted by Crippen LogP contribution is 2.33. The molecule has 0 fully saturated rings. The monoisotopic (exact) mass is 431 g/mol. The second-order valence-corrected chi connectivity index (χ2v) is 7.18. The standard InChI is InChI=1S/C18H22ClN3O3S.ClH/c1-3-21(4-2)8-9-22(17(23)14-12-24-10-11-25-14)18-20-16-13(19)6-5-7-15(16)26-18;/h5-7,12H,3-4,8-11H2,1-2H3;1H. The number of carbonyl (C=O) groups excluding carboxylic acids is 1. The Kier molecular flexibility index (Phi) is 8.16. The van der Waals surface area contributed by atoms with E-state index in [1.807, 2.05) is 12.1 Å². The maximum Gasteiger partial charge on any atom is 0.298 e. The molecule has 6 nitrogen and oxygen atoms in total. The van der Waals surface area contributed by atoms with Crippen molar-refractivity contribution in [1.29, 1.82) is 0 Å². The van der Waals surface area contributed by atoms with Crippen LogP contribution in [0.1, 0.15) is 13.8 Å². The molecule has 1 aromatic carbocycles. The van der Waals surface area contributed by atoms with E-state index >= 15 is 0 Å². The number of fused-ring (bicyclic) bond motifs is 1. The second-order valence-electron chi connectivity index (χ2n) is 5.77. The van der Waals surface area contributed by atoms with Gasteiger partial charge in [-0.15, -0.1) is 12.4 Å². The van der Waals surface area contributed by atoms with Crippen LogP contribution in [0, 0.1) is 0 Å². The smallest absolute Gasteiger partial charge is 0.298 e. The number of thiazole rings is 1. The second kappa shape index (κ2) is 10.1. The van der Waals surface area contributed by atoms with E-state index in [-0.39, 0.29) is 24.1 Å². The molecule has 0 saturated heterocycles. The average molecular weight is 432 g/mol. The lowest BCUT2D eigenvalue weighted by atomic mass is 10.3. The largest absolute Gasteiger partial charge is 0.494 e. The van der Waals surface area contributed by atoms with Crippen molar-refractivity contribution in [2.75, 3.05) is 44.3 Å². The van der Waals surface area contributed by atoms with Crippen LogP contribution < -0.4 is 4.90 Å². The lowest BCUT2D eigenvalue weighted by Gasteiger charge is -2.26. The number of ether oxygens (including phenoxy) is 2. The van der Waals surface area contributed by atoms with Gasteiger partial charge in [0, 0.05) is 13.1 Å². The molecule has 1 aromatic heterocycles. The summed E-state index contributed by atoms with van der Waals surface area (Å²) in [4.78, 5) is 21.5. The Bertz CT molecular complexity index is 808. The Hall–Kier alpha value is -1.54. The van der Waals surface area contributed by atoms with Crippen LogP contribution in [-0.4, -0.2) is 55.2 Å². The van der Waals surface area contributed by atoms with Gasteiger partial charge < -0.3 is 14.4 Å². The van der Waals surface area contributed by atoms with Crippen LogP contribution in [0.2, 0.25) is 5.02 Å². The number of halogens is 2. The van der Waals surface area contributed by atoms with Crippen molar-refractivity contribution in [2.45, 2.75) is 13.8 Å². The fourth-order valence-electron chi connectivity index (χ4n) is 2.70. The van der Waals surface area contributed by atoms with Crippen LogP contribution in [0.15, 0.2) is 30.2 Å². The van der Waals surface area contributed by atoms with Gasteiger partial charge >= 0.3 is 0 Å². The number of hydrogen-bond donors (Lipinski definition) is 0. The van der Waals surface area contributed by atoms with E-state index in [1.54, 1.807) is 11.0 Å². The van der Waals surface area contributed by atoms with Crippen LogP contribution in [-0.2, 0) is 14.3 Å². The van der Waals surface area contributed by atoms with E-state index in [0.717, 1.165) is 24.3 Å². The highest BCUT2D eigenvalue weighted by molar-refractivity contribution is 7.22. The summed E-state index contributed by atoms with van der Waals surface area (Å²) in [6.45, 7) is 8.13. The van der Waals surface area contributed by atoms with E-state index in [9.17, 15) is 4.79 Å². The maximum atomic E-state index is 13.0. The average Bonchev–Trinajstić information content (AvgIpc) is 3.11. The van der Waals surface area contributed by atoms with Crippen LogP contribution in [0.25, 0.3) is 10.2 Å². The van der Waals surface area contributed by atoms with Gasteiger partial charge in [0.15, 0.2) is 5.13 Å². The maximum absolute atomic E-state index is 13.0. The van der Waals surface area contributed by atoms with Gasteiger partial charge in [-0.05, 0) is 25.2 Å². The summed E-state index contributed by atoms with van der Waals surface area (Å²) in [5.74, 6) is -0.0341. The molecule has 1 amide bonds. The lowest BCUT2D eigenvalue weighted by molar-refractivity contribution is -0.119. The molecule has 148 valence electrons. The molecule has 2 aromatic rings. The molecular formula is C18H23Cl2N3O3S.